The molecule has 3 rings (SSSR count). The highest BCUT2D eigenvalue weighted by Gasteiger charge is 2.09. The van der Waals surface area contributed by atoms with Crippen molar-refractivity contribution in [2.24, 2.45) is 5.10 Å². The van der Waals surface area contributed by atoms with Gasteiger partial charge in [0.25, 0.3) is 0 Å². The summed E-state index contributed by atoms with van der Waals surface area (Å²) in [6.07, 6.45) is 1.68. The van der Waals surface area contributed by atoms with E-state index in [9.17, 15) is 0 Å². The molecule has 0 atom stereocenters. The van der Waals surface area contributed by atoms with Crippen molar-refractivity contribution in [1.82, 2.24) is 14.9 Å². The molecule has 2 aromatic carbocycles. The average Bonchev–Trinajstić information content (AvgIpc) is 3.01. The molecule has 8 heteroatoms. The summed E-state index contributed by atoms with van der Waals surface area (Å²) in [5.41, 5.74) is 1.65. The van der Waals surface area contributed by atoms with Gasteiger partial charge in [-0.05, 0) is 55.0 Å². The third-order valence-corrected chi connectivity index (χ3v) is 4.04. The number of methoxy groups -OCH3 is 1. The van der Waals surface area contributed by atoms with Crippen molar-refractivity contribution in [2.45, 2.75) is 6.92 Å². The number of hydrogen-bond acceptors (Lipinski definition) is 5. The van der Waals surface area contributed by atoms with Crippen molar-refractivity contribution >= 4 is 30.0 Å². The fourth-order valence-electron chi connectivity index (χ4n) is 2.38. The molecule has 0 amide bonds. The minimum absolute atomic E-state index is 0.383. The van der Waals surface area contributed by atoms with Gasteiger partial charge in [-0.25, -0.2) is 5.10 Å². The summed E-state index contributed by atoms with van der Waals surface area (Å²) in [6, 6.07) is 12.9. The van der Waals surface area contributed by atoms with Gasteiger partial charge in [-0.1, -0.05) is 23.7 Å². The second kappa shape index (κ2) is 8.16. The topological polar surface area (TPSA) is 64.4 Å². The van der Waals surface area contributed by atoms with E-state index in [4.69, 9.17) is 33.3 Å². The second-order valence-corrected chi connectivity index (χ2v) is 6.09. The Balaban J connectivity index is 1.95. The monoisotopic (exact) mass is 388 g/mol. The van der Waals surface area contributed by atoms with Crippen LogP contribution in [-0.2, 0) is 0 Å². The number of benzene rings is 2. The van der Waals surface area contributed by atoms with Crippen LogP contribution in [0.25, 0.3) is 11.4 Å². The predicted molar refractivity (Wildman–Crippen MR) is 105 cm³/mol. The van der Waals surface area contributed by atoms with Crippen LogP contribution < -0.4 is 9.47 Å². The molecule has 0 spiro atoms. The fourth-order valence-corrected chi connectivity index (χ4v) is 2.75. The Kier molecular flexibility index (Phi) is 5.70. The van der Waals surface area contributed by atoms with Crippen molar-refractivity contribution < 1.29 is 9.47 Å². The van der Waals surface area contributed by atoms with E-state index in [-0.39, 0.29) is 0 Å². The molecule has 0 saturated heterocycles. The van der Waals surface area contributed by atoms with Crippen LogP contribution in [-0.4, -0.2) is 34.8 Å². The largest absolute Gasteiger partial charge is 0.493 e. The van der Waals surface area contributed by atoms with Gasteiger partial charge in [0.05, 0.1) is 19.9 Å². The molecule has 0 radical (unpaired) electrons. The normalized spacial score (nSPS) is 11.0. The molecule has 0 saturated carbocycles. The van der Waals surface area contributed by atoms with Crippen LogP contribution in [0.15, 0.2) is 47.6 Å². The molecule has 0 aliphatic heterocycles. The lowest BCUT2D eigenvalue weighted by molar-refractivity contribution is 0.311. The van der Waals surface area contributed by atoms with Gasteiger partial charge in [-0.2, -0.15) is 14.9 Å². The van der Waals surface area contributed by atoms with Gasteiger partial charge in [0.2, 0.25) is 4.77 Å². The number of nitrogens with one attached hydrogen (secondary N) is 1. The Morgan fingerprint density at radius 2 is 2.12 bits per heavy atom. The van der Waals surface area contributed by atoms with Crippen molar-refractivity contribution in [3.63, 3.8) is 0 Å². The van der Waals surface area contributed by atoms with Crippen LogP contribution in [0.3, 0.4) is 0 Å². The second-order valence-electron chi connectivity index (χ2n) is 5.26. The van der Waals surface area contributed by atoms with E-state index in [2.05, 4.69) is 15.3 Å². The Morgan fingerprint density at radius 1 is 1.27 bits per heavy atom. The zero-order valence-electron chi connectivity index (χ0n) is 14.3. The molecule has 1 heterocycles. The van der Waals surface area contributed by atoms with Crippen LogP contribution in [0, 0.1) is 4.77 Å². The number of halogens is 1. The lowest BCUT2D eigenvalue weighted by Gasteiger charge is -2.09. The maximum absolute atomic E-state index is 6.06. The van der Waals surface area contributed by atoms with E-state index in [1.807, 2.05) is 37.3 Å². The van der Waals surface area contributed by atoms with Gasteiger partial charge in [0, 0.05) is 10.6 Å². The van der Waals surface area contributed by atoms with E-state index >= 15 is 0 Å². The Labute approximate surface area is 161 Å². The minimum atomic E-state index is 0.383. The van der Waals surface area contributed by atoms with Crippen LogP contribution in [0.2, 0.25) is 5.02 Å². The SMILES string of the molecule is CCOc1ccc(/C=N/n2c(-c3cccc(Cl)c3)n[nH]c2=S)cc1OC. The fraction of sp³-hybridized carbons (Fsp3) is 0.167. The number of aromatic amines is 1. The Bertz CT molecular complexity index is 997. The van der Waals surface area contributed by atoms with Crippen molar-refractivity contribution in [1.29, 1.82) is 0 Å². The molecule has 0 unspecified atom stereocenters. The molecule has 3 aromatic rings. The number of aromatic nitrogens is 3. The van der Waals surface area contributed by atoms with Crippen LogP contribution in [0.1, 0.15) is 12.5 Å². The van der Waals surface area contributed by atoms with E-state index in [1.165, 1.54) is 0 Å². The number of nitrogens with zero attached hydrogens (tertiary/aromatic N) is 3. The van der Waals surface area contributed by atoms with E-state index in [1.54, 1.807) is 30.1 Å². The highest BCUT2D eigenvalue weighted by Crippen LogP contribution is 2.27. The number of hydrogen-bond donors (Lipinski definition) is 1. The minimum Gasteiger partial charge on any atom is -0.493 e. The quantitative estimate of drug-likeness (QED) is 0.497. The summed E-state index contributed by atoms with van der Waals surface area (Å²) in [5, 5.41) is 12.1. The number of H-pyrrole nitrogens is 1. The van der Waals surface area contributed by atoms with Gasteiger partial charge >= 0.3 is 0 Å². The van der Waals surface area contributed by atoms with Crippen molar-refractivity contribution in [3.8, 4) is 22.9 Å². The lowest BCUT2D eigenvalue weighted by atomic mass is 10.2. The molecule has 26 heavy (non-hydrogen) atoms. The first-order valence-corrected chi connectivity index (χ1v) is 8.69. The number of ether oxygens (including phenoxy) is 2. The molecular weight excluding hydrogens is 372 g/mol. The molecule has 0 bridgehead atoms. The summed E-state index contributed by atoms with van der Waals surface area (Å²) < 4.78 is 12.8. The molecule has 0 aliphatic carbocycles. The standard InChI is InChI=1S/C18H17ClN4O2S/c1-3-25-15-8-7-12(9-16(15)24-2)11-20-23-17(21-22-18(23)26)13-5-4-6-14(19)10-13/h4-11H,3H2,1-2H3,(H,22,26)/b20-11+. The van der Waals surface area contributed by atoms with Gasteiger partial charge in [0.1, 0.15) is 0 Å². The molecule has 6 nitrogen and oxygen atoms in total. The molecule has 134 valence electrons. The van der Waals surface area contributed by atoms with Crippen LogP contribution in [0.5, 0.6) is 11.5 Å². The first-order valence-electron chi connectivity index (χ1n) is 7.91. The maximum atomic E-state index is 6.06. The van der Waals surface area contributed by atoms with E-state index in [0.717, 1.165) is 11.1 Å². The van der Waals surface area contributed by atoms with Crippen LogP contribution >= 0.6 is 23.8 Å². The first kappa shape index (κ1) is 18.2. The van der Waals surface area contributed by atoms with E-state index in [0.29, 0.717) is 33.7 Å². The first-order chi connectivity index (χ1) is 12.6. The maximum Gasteiger partial charge on any atom is 0.216 e. The number of rotatable bonds is 6. The summed E-state index contributed by atoms with van der Waals surface area (Å²) in [5.74, 6) is 1.90. The lowest BCUT2D eigenvalue weighted by Crippen LogP contribution is -1.97. The Morgan fingerprint density at radius 3 is 2.85 bits per heavy atom. The third-order valence-electron chi connectivity index (χ3n) is 3.54. The average molecular weight is 389 g/mol. The Hall–Kier alpha value is -2.64. The highest BCUT2D eigenvalue weighted by molar-refractivity contribution is 7.71. The van der Waals surface area contributed by atoms with Gasteiger partial charge < -0.3 is 9.47 Å². The molecule has 0 aliphatic rings. The van der Waals surface area contributed by atoms with Gasteiger partial charge in [-0.3, -0.25) is 0 Å². The summed E-state index contributed by atoms with van der Waals surface area (Å²) in [7, 11) is 1.60. The highest BCUT2D eigenvalue weighted by atomic mass is 35.5. The predicted octanol–water partition coefficient (Wildman–Crippen LogP) is 4.55. The molecule has 1 N–H and O–H groups in total. The molecule has 0 fully saturated rings. The summed E-state index contributed by atoms with van der Waals surface area (Å²) in [6.45, 7) is 2.49. The zero-order chi connectivity index (χ0) is 18.5. The zero-order valence-corrected chi connectivity index (χ0v) is 15.8. The van der Waals surface area contributed by atoms with Gasteiger partial charge in [0.15, 0.2) is 17.3 Å². The van der Waals surface area contributed by atoms with Gasteiger partial charge in [-0.15, -0.1) is 0 Å². The third kappa shape index (κ3) is 3.95. The van der Waals surface area contributed by atoms with Crippen molar-refractivity contribution in [2.75, 3.05) is 13.7 Å². The van der Waals surface area contributed by atoms with E-state index < -0.39 is 0 Å². The summed E-state index contributed by atoms with van der Waals surface area (Å²) >= 11 is 11.3. The molecule has 1 aromatic heterocycles. The molecular formula is C18H17ClN4O2S. The van der Waals surface area contributed by atoms with Crippen molar-refractivity contribution in [3.05, 3.63) is 57.8 Å². The van der Waals surface area contributed by atoms with Crippen LogP contribution in [0.4, 0.5) is 0 Å². The summed E-state index contributed by atoms with van der Waals surface area (Å²) in [4.78, 5) is 0. The smallest absolute Gasteiger partial charge is 0.216 e.